The number of hydrogen-bond acceptors (Lipinski definition) is 5. The van der Waals surface area contributed by atoms with Crippen LogP contribution in [-0.2, 0) is 10.7 Å². The van der Waals surface area contributed by atoms with Gasteiger partial charge in [0.2, 0.25) is 11.6 Å². The smallest absolute Gasteiger partial charge is 0.351 e. The van der Waals surface area contributed by atoms with E-state index in [0.717, 1.165) is 17.7 Å². The van der Waals surface area contributed by atoms with Crippen LogP contribution in [0.15, 0.2) is 59.0 Å². The van der Waals surface area contributed by atoms with Crippen molar-refractivity contribution in [2.24, 2.45) is 0 Å². The number of hydrazine groups is 1. The number of benzene rings is 2. The third kappa shape index (κ3) is 3.77. The number of nitrogens with zero attached hydrogens (tertiary/aromatic N) is 2. The molecule has 0 unspecified atom stereocenters. The summed E-state index contributed by atoms with van der Waals surface area (Å²) in [5.41, 5.74) is 5.07. The fraction of sp³-hybridized carbons (Fsp3) is 0.105. The lowest BCUT2D eigenvalue weighted by molar-refractivity contribution is -0.146. The molecule has 1 amide bonds. The number of hydrogen-bond donors (Lipinski definition) is 2. The fourth-order valence-electron chi connectivity index (χ4n) is 2.27. The third-order valence-corrected chi connectivity index (χ3v) is 3.74. The zero-order valence-electron chi connectivity index (χ0n) is 14.2. The number of carbonyl (C=O) groups excluding carboxylic acids is 1. The molecule has 3 rings (SSSR count). The zero-order valence-corrected chi connectivity index (χ0v) is 14.2. The molecule has 0 saturated carbocycles. The lowest BCUT2D eigenvalue weighted by Crippen LogP contribution is -2.41. The number of amides is 1. The zero-order chi connectivity index (χ0) is 19.4. The largest absolute Gasteiger partial charge is 0.417 e. The van der Waals surface area contributed by atoms with E-state index in [4.69, 9.17) is 9.68 Å². The van der Waals surface area contributed by atoms with E-state index in [1.54, 1.807) is 24.3 Å². The number of alkyl halides is 2. The van der Waals surface area contributed by atoms with Crippen LogP contribution in [0.4, 0.5) is 14.7 Å². The van der Waals surface area contributed by atoms with E-state index in [9.17, 15) is 13.6 Å². The van der Waals surface area contributed by atoms with Gasteiger partial charge in [-0.25, -0.2) is 0 Å². The molecule has 136 valence electrons. The number of aromatic nitrogens is 1. The van der Waals surface area contributed by atoms with Crippen LogP contribution in [0.1, 0.15) is 16.8 Å². The van der Waals surface area contributed by atoms with Crippen LogP contribution in [0.3, 0.4) is 0 Å². The first-order chi connectivity index (χ1) is 12.9. The Bertz CT molecular complexity index is 993. The first kappa shape index (κ1) is 18.1. The van der Waals surface area contributed by atoms with Crippen molar-refractivity contribution in [1.82, 2.24) is 10.4 Å². The molecule has 0 aliphatic rings. The average molecular weight is 368 g/mol. The average Bonchev–Trinajstić information content (AvgIpc) is 3.10. The van der Waals surface area contributed by atoms with Gasteiger partial charge in [0.1, 0.15) is 6.07 Å². The quantitative estimate of drug-likeness (QED) is 0.669. The van der Waals surface area contributed by atoms with Crippen molar-refractivity contribution in [3.63, 3.8) is 0 Å². The number of oxazole rings is 1. The molecule has 0 bridgehead atoms. The molecule has 0 saturated heterocycles. The van der Waals surface area contributed by atoms with Crippen LogP contribution in [0.2, 0.25) is 0 Å². The Kier molecular flexibility index (Phi) is 4.86. The van der Waals surface area contributed by atoms with Crippen molar-refractivity contribution in [2.45, 2.75) is 12.8 Å². The molecule has 0 spiro atoms. The van der Waals surface area contributed by atoms with Gasteiger partial charge in [0.15, 0.2) is 0 Å². The maximum absolute atomic E-state index is 14.2. The summed E-state index contributed by atoms with van der Waals surface area (Å²) in [5.74, 6) is -5.46. The normalized spacial score (nSPS) is 10.9. The minimum absolute atomic E-state index is 0.123. The first-order valence-corrected chi connectivity index (χ1v) is 7.89. The molecule has 2 N–H and O–H groups in total. The Morgan fingerprint density at radius 1 is 1.15 bits per heavy atom. The van der Waals surface area contributed by atoms with Crippen molar-refractivity contribution < 1.29 is 18.0 Å². The number of aryl methyl sites for hydroxylation is 1. The maximum atomic E-state index is 14.2. The third-order valence-electron chi connectivity index (χ3n) is 3.74. The Morgan fingerprint density at radius 3 is 2.44 bits per heavy atom. The van der Waals surface area contributed by atoms with Gasteiger partial charge in [0.25, 0.3) is 5.88 Å². The minimum atomic E-state index is -3.76. The summed E-state index contributed by atoms with van der Waals surface area (Å²) >= 11 is 0. The molecule has 0 radical (unpaired) electrons. The second-order valence-electron chi connectivity index (χ2n) is 5.69. The Morgan fingerprint density at radius 2 is 1.81 bits per heavy atom. The summed E-state index contributed by atoms with van der Waals surface area (Å²) in [5, 5.41) is 9.15. The monoisotopic (exact) mass is 368 g/mol. The molecule has 8 heteroatoms. The molecule has 27 heavy (non-hydrogen) atoms. The van der Waals surface area contributed by atoms with E-state index < -0.39 is 17.4 Å². The summed E-state index contributed by atoms with van der Waals surface area (Å²) < 4.78 is 33.8. The molecule has 2 aromatic carbocycles. The number of rotatable bonds is 5. The fourth-order valence-corrected chi connectivity index (χ4v) is 2.27. The molecule has 3 aromatic rings. The van der Waals surface area contributed by atoms with Crippen LogP contribution in [0.5, 0.6) is 0 Å². The minimum Gasteiger partial charge on any atom is -0.417 e. The highest BCUT2D eigenvalue weighted by Gasteiger charge is 2.41. The SMILES string of the molecule is Cc1ccc(-c2nc(C#N)c(NNC(=O)C(F)(F)c3ccccc3)o2)cc1. The van der Waals surface area contributed by atoms with E-state index in [0.29, 0.717) is 5.56 Å². The Balaban J connectivity index is 1.77. The van der Waals surface area contributed by atoms with Crippen LogP contribution < -0.4 is 10.9 Å². The maximum Gasteiger partial charge on any atom is 0.351 e. The van der Waals surface area contributed by atoms with Crippen LogP contribution in [-0.4, -0.2) is 10.9 Å². The lowest BCUT2D eigenvalue weighted by atomic mass is 10.1. The van der Waals surface area contributed by atoms with E-state index in [1.165, 1.54) is 12.1 Å². The number of nitrogens with one attached hydrogen (secondary N) is 2. The standard InChI is InChI=1S/C19H14F2N4O2/c1-12-7-9-13(10-8-12)16-23-15(11-22)17(27-16)24-25-18(26)19(20,21)14-5-3-2-4-6-14/h2-10,24H,1H3,(H,25,26). The van der Waals surface area contributed by atoms with E-state index in [1.807, 2.05) is 24.5 Å². The number of halogens is 2. The van der Waals surface area contributed by atoms with Crippen molar-refractivity contribution in [2.75, 3.05) is 5.43 Å². The molecule has 0 aliphatic heterocycles. The van der Waals surface area contributed by atoms with Crippen LogP contribution in [0.25, 0.3) is 11.5 Å². The molecular formula is C19H14F2N4O2. The van der Waals surface area contributed by atoms with E-state index >= 15 is 0 Å². The number of anilines is 1. The summed E-state index contributed by atoms with van der Waals surface area (Å²) in [4.78, 5) is 15.9. The van der Waals surface area contributed by atoms with Gasteiger partial charge in [-0.2, -0.15) is 19.0 Å². The second kappa shape index (κ2) is 7.25. The van der Waals surface area contributed by atoms with Gasteiger partial charge >= 0.3 is 11.8 Å². The van der Waals surface area contributed by atoms with Crippen molar-refractivity contribution in [3.8, 4) is 17.5 Å². The number of nitriles is 1. The van der Waals surface area contributed by atoms with Crippen molar-refractivity contribution >= 4 is 11.8 Å². The van der Waals surface area contributed by atoms with Gasteiger partial charge in [0, 0.05) is 11.1 Å². The predicted molar refractivity (Wildman–Crippen MR) is 93.5 cm³/mol. The van der Waals surface area contributed by atoms with Crippen molar-refractivity contribution in [3.05, 3.63) is 71.4 Å². The van der Waals surface area contributed by atoms with E-state index in [-0.39, 0.29) is 17.5 Å². The van der Waals surface area contributed by atoms with E-state index in [2.05, 4.69) is 10.4 Å². The first-order valence-electron chi connectivity index (χ1n) is 7.89. The van der Waals surface area contributed by atoms with Gasteiger partial charge in [-0.05, 0) is 19.1 Å². The van der Waals surface area contributed by atoms with Gasteiger partial charge < -0.3 is 4.42 Å². The van der Waals surface area contributed by atoms with Crippen LogP contribution >= 0.6 is 0 Å². The van der Waals surface area contributed by atoms with Gasteiger partial charge in [-0.3, -0.25) is 15.6 Å². The predicted octanol–water partition coefficient (Wildman–Crippen LogP) is 3.76. The lowest BCUT2D eigenvalue weighted by Gasteiger charge is -2.16. The molecule has 1 heterocycles. The molecular weight excluding hydrogens is 354 g/mol. The number of carbonyl (C=O) groups is 1. The Hall–Kier alpha value is -3.73. The molecule has 0 atom stereocenters. The second-order valence-corrected chi connectivity index (χ2v) is 5.69. The highest BCUT2D eigenvalue weighted by molar-refractivity contribution is 5.85. The summed E-state index contributed by atoms with van der Waals surface area (Å²) in [7, 11) is 0. The van der Waals surface area contributed by atoms with Crippen LogP contribution in [0, 0.1) is 18.3 Å². The topological polar surface area (TPSA) is 91.0 Å². The highest BCUT2D eigenvalue weighted by Crippen LogP contribution is 2.29. The van der Waals surface area contributed by atoms with Crippen molar-refractivity contribution in [1.29, 1.82) is 5.26 Å². The molecule has 0 aliphatic carbocycles. The van der Waals surface area contributed by atoms with Gasteiger partial charge in [0.05, 0.1) is 0 Å². The molecule has 1 aromatic heterocycles. The van der Waals surface area contributed by atoms with Gasteiger partial charge in [-0.15, -0.1) is 0 Å². The molecule has 6 nitrogen and oxygen atoms in total. The van der Waals surface area contributed by atoms with Gasteiger partial charge in [-0.1, -0.05) is 48.0 Å². The summed E-state index contributed by atoms with van der Waals surface area (Å²) in [6.45, 7) is 1.91. The highest BCUT2D eigenvalue weighted by atomic mass is 19.3. The Labute approximate surface area is 153 Å². The molecule has 0 fully saturated rings. The summed E-state index contributed by atoms with van der Waals surface area (Å²) in [6, 6.07) is 15.6. The summed E-state index contributed by atoms with van der Waals surface area (Å²) in [6.07, 6.45) is 0.